The zero-order valence-corrected chi connectivity index (χ0v) is 14.4. The van der Waals surface area contributed by atoms with Crippen LogP contribution in [0.15, 0.2) is 18.2 Å². The molecule has 0 amide bonds. The van der Waals surface area contributed by atoms with E-state index in [0.29, 0.717) is 32.3 Å². The third-order valence-corrected chi connectivity index (χ3v) is 5.78. The van der Waals surface area contributed by atoms with Gasteiger partial charge in [0, 0.05) is 25.7 Å². The van der Waals surface area contributed by atoms with Gasteiger partial charge in [0.25, 0.3) is 0 Å². The van der Waals surface area contributed by atoms with Gasteiger partial charge in [0.05, 0.1) is 6.26 Å². The van der Waals surface area contributed by atoms with Gasteiger partial charge >= 0.3 is 0 Å². The van der Waals surface area contributed by atoms with Crippen molar-refractivity contribution in [2.75, 3.05) is 32.6 Å². The smallest absolute Gasteiger partial charge is 0.211 e. The fourth-order valence-electron chi connectivity index (χ4n) is 3.16. The van der Waals surface area contributed by atoms with Crippen LogP contribution in [0.2, 0.25) is 0 Å². The van der Waals surface area contributed by atoms with Crippen LogP contribution in [0.25, 0.3) is 0 Å². The highest BCUT2D eigenvalue weighted by atomic mass is 32.2. The van der Waals surface area contributed by atoms with Crippen molar-refractivity contribution < 1.29 is 17.9 Å². The van der Waals surface area contributed by atoms with Crippen molar-refractivity contribution in [3.05, 3.63) is 23.8 Å². The van der Waals surface area contributed by atoms with E-state index >= 15 is 0 Å². The van der Waals surface area contributed by atoms with Gasteiger partial charge in [-0.25, -0.2) is 12.7 Å². The third-order valence-electron chi connectivity index (χ3n) is 4.51. The van der Waals surface area contributed by atoms with Crippen LogP contribution in [0.5, 0.6) is 11.5 Å². The molecule has 2 heterocycles. The SMILES string of the molecule is C[C@H]1CN(S(C)(=O)=O)CC[C@@H]1NCc1ccc2c(c1)OCCO2. The average Bonchev–Trinajstić information content (AvgIpc) is 2.52. The van der Waals surface area contributed by atoms with Crippen LogP contribution in [0.4, 0.5) is 0 Å². The van der Waals surface area contributed by atoms with E-state index in [4.69, 9.17) is 9.47 Å². The monoisotopic (exact) mass is 340 g/mol. The second-order valence-electron chi connectivity index (χ2n) is 6.35. The van der Waals surface area contributed by atoms with E-state index < -0.39 is 10.0 Å². The molecule has 2 aliphatic heterocycles. The van der Waals surface area contributed by atoms with Gasteiger partial charge < -0.3 is 14.8 Å². The van der Waals surface area contributed by atoms with Gasteiger partial charge in [0.15, 0.2) is 11.5 Å². The van der Waals surface area contributed by atoms with E-state index in [2.05, 4.69) is 12.2 Å². The Labute approximate surface area is 137 Å². The maximum absolute atomic E-state index is 11.6. The maximum atomic E-state index is 11.6. The summed E-state index contributed by atoms with van der Waals surface area (Å²) < 4.78 is 36.0. The summed E-state index contributed by atoms with van der Waals surface area (Å²) >= 11 is 0. The first-order valence-electron chi connectivity index (χ1n) is 8.00. The Morgan fingerprint density at radius 2 is 2.00 bits per heavy atom. The normalized spacial score (nSPS) is 25.3. The highest BCUT2D eigenvalue weighted by molar-refractivity contribution is 7.88. The van der Waals surface area contributed by atoms with E-state index in [0.717, 1.165) is 30.0 Å². The molecule has 0 bridgehead atoms. The van der Waals surface area contributed by atoms with Gasteiger partial charge in [-0.2, -0.15) is 0 Å². The van der Waals surface area contributed by atoms with Crippen molar-refractivity contribution in [2.45, 2.75) is 25.9 Å². The molecule has 3 rings (SSSR count). The summed E-state index contributed by atoms with van der Waals surface area (Å²) in [7, 11) is -3.08. The Hall–Kier alpha value is -1.31. The minimum Gasteiger partial charge on any atom is -0.486 e. The molecular weight excluding hydrogens is 316 g/mol. The molecule has 0 unspecified atom stereocenters. The van der Waals surface area contributed by atoms with E-state index in [9.17, 15) is 8.42 Å². The Morgan fingerprint density at radius 3 is 2.70 bits per heavy atom. The third kappa shape index (κ3) is 3.97. The predicted molar refractivity (Wildman–Crippen MR) is 88.3 cm³/mol. The summed E-state index contributed by atoms with van der Waals surface area (Å²) in [5, 5.41) is 3.55. The molecule has 1 fully saturated rings. The Bertz CT molecular complexity index is 662. The Balaban J connectivity index is 1.57. The standard InChI is InChI=1S/C16H24N2O4S/c1-12-11-18(23(2,19)20)6-5-14(12)17-10-13-3-4-15-16(9-13)22-8-7-21-15/h3-4,9,12,14,17H,5-8,10-11H2,1-2H3/t12-,14-/m0/s1. The van der Waals surface area contributed by atoms with E-state index in [1.54, 1.807) is 4.31 Å². The molecule has 0 saturated carbocycles. The summed E-state index contributed by atoms with van der Waals surface area (Å²) in [5.41, 5.74) is 1.15. The largest absolute Gasteiger partial charge is 0.486 e. The molecule has 1 aromatic rings. The van der Waals surface area contributed by atoms with Crippen molar-refractivity contribution in [2.24, 2.45) is 5.92 Å². The van der Waals surface area contributed by atoms with Crippen molar-refractivity contribution in [3.63, 3.8) is 0 Å². The van der Waals surface area contributed by atoms with Gasteiger partial charge in [0.2, 0.25) is 10.0 Å². The topological polar surface area (TPSA) is 67.9 Å². The molecule has 23 heavy (non-hydrogen) atoms. The van der Waals surface area contributed by atoms with Gasteiger partial charge in [-0.3, -0.25) is 0 Å². The molecule has 1 aromatic carbocycles. The Kier molecular flexibility index (Phi) is 4.79. The van der Waals surface area contributed by atoms with Crippen LogP contribution in [-0.4, -0.2) is 51.3 Å². The quantitative estimate of drug-likeness (QED) is 0.892. The molecule has 0 aromatic heterocycles. The number of benzene rings is 1. The van der Waals surface area contributed by atoms with Gasteiger partial charge in [-0.15, -0.1) is 0 Å². The minimum atomic E-state index is -3.08. The molecule has 0 spiro atoms. The summed E-state index contributed by atoms with van der Waals surface area (Å²) in [6.45, 7) is 5.19. The number of hydrogen-bond acceptors (Lipinski definition) is 5. The van der Waals surface area contributed by atoms with Crippen molar-refractivity contribution in [1.29, 1.82) is 0 Å². The van der Waals surface area contributed by atoms with Gasteiger partial charge in [0.1, 0.15) is 13.2 Å². The molecule has 1 N–H and O–H groups in total. The number of nitrogens with one attached hydrogen (secondary N) is 1. The van der Waals surface area contributed by atoms with E-state index in [1.165, 1.54) is 6.26 Å². The summed E-state index contributed by atoms with van der Waals surface area (Å²) in [5.74, 6) is 1.89. The molecule has 7 heteroatoms. The van der Waals surface area contributed by atoms with Crippen LogP contribution < -0.4 is 14.8 Å². The predicted octanol–water partition coefficient (Wildman–Crippen LogP) is 1.22. The lowest BCUT2D eigenvalue weighted by Crippen LogP contribution is -2.49. The first-order chi connectivity index (χ1) is 10.9. The van der Waals surface area contributed by atoms with Crippen LogP contribution in [-0.2, 0) is 16.6 Å². The number of fused-ring (bicyclic) bond motifs is 1. The number of piperidine rings is 1. The molecule has 1 saturated heterocycles. The second kappa shape index (κ2) is 6.67. The van der Waals surface area contributed by atoms with E-state index in [1.807, 2.05) is 18.2 Å². The number of ether oxygens (including phenoxy) is 2. The first kappa shape index (κ1) is 16.5. The molecular formula is C16H24N2O4S. The highest BCUT2D eigenvalue weighted by Crippen LogP contribution is 2.30. The molecule has 2 aliphatic rings. The summed E-state index contributed by atoms with van der Waals surface area (Å²) in [6.07, 6.45) is 2.11. The second-order valence-corrected chi connectivity index (χ2v) is 8.33. The zero-order valence-electron chi connectivity index (χ0n) is 13.6. The van der Waals surface area contributed by atoms with Crippen molar-refractivity contribution >= 4 is 10.0 Å². The minimum absolute atomic E-state index is 0.288. The van der Waals surface area contributed by atoms with Crippen molar-refractivity contribution in [1.82, 2.24) is 9.62 Å². The molecule has 0 radical (unpaired) electrons. The fraction of sp³-hybridized carbons (Fsp3) is 0.625. The van der Waals surface area contributed by atoms with E-state index in [-0.39, 0.29) is 5.92 Å². The number of rotatable bonds is 4. The lowest BCUT2D eigenvalue weighted by Gasteiger charge is -2.36. The molecule has 128 valence electrons. The van der Waals surface area contributed by atoms with Crippen LogP contribution in [0, 0.1) is 5.92 Å². The van der Waals surface area contributed by atoms with Crippen molar-refractivity contribution in [3.8, 4) is 11.5 Å². The summed E-state index contributed by atoms with van der Waals surface area (Å²) in [4.78, 5) is 0. The molecule has 2 atom stereocenters. The first-order valence-corrected chi connectivity index (χ1v) is 9.85. The number of sulfonamides is 1. The zero-order chi connectivity index (χ0) is 16.4. The molecule has 0 aliphatic carbocycles. The maximum Gasteiger partial charge on any atom is 0.211 e. The Morgan fingerprint density at radius 1 is 1.26 bits per heavy atom. The summed E-state index contributed by atoms with van der Waals surface area (Å²) in [6, 6.07) is 6.32. The average molecular weight is 340 g/mol. The van der Waals surface area contributed by atoms with Crippen LogP contribution in [0.1, 0.15) is 18.9 Å². The van der Waals surface area contributed by atoms with Gasteiger partial charge in [-0.05, 0) is 30.0 Å². The van der Waals surface area contributed by atoms with Gasteiger partial charge in [-0.1, -0.05) is 13.0 Å². The lowest BCUT2D eigenvalue weighted by atomic mass is 9.95. The fourth-order valence-corrected chi connectivity index (χ4v) is 4.10. The van der Waals surface area contributed by atoms with Crippen LogP contribution in [0.3, 0.4) is 0 Å². The van der Waals surface area contributed by atoms with Crippen LogP contribution >= 0.6 is 0 Å². The highest BCUT2D eigenvalue weighted by Gasteiger charge is 2.30. The number of nitrogens with zero attached hydrogens (tertiary/aromatic N) is 1. The number of hydrogen-bond donors (Lipinski definition) is 1. The lowest BCUT2D eigenvalue weighted by molar-refractivity contribution is 0.171. The molecule has 6 nitrogen and oxygen atoms in total.